The van der Waals surface area contributed by atoms with Crippen LogP contribution in [-0.2, 0) is 44.7 Å². The van der Waals surface area contributed by atoms with Crippen molar-refractivity contribution in [2.24, 2.45) is 28.8 Å². The summed E-state index contributed by atoms with van der Waals surface area (Å²) in [5.74, 6) is -3.78. The van der Waals surface area contributed by atoms with Gasteiger partial charge < -0.3 is 77.6 Å². The molecule has 3 fully saturated rings. The molecule has 19 nitrogen and oxygen atoms in total. The number of methoxy groups -OCH3 is 3. The molecule has 5 rings (SSSR count). The summed E-state index contributed by atoms with van der Waals surface area (Å²) >= 11 is 0. The van der Waals surface area contributed by atoms with Gasteiger partial charge in [0.25, 0.3) is 0 Å². The summed E-state index contributed by atoms with van der Waals surface area (Å²) in [7, 11) is 8.11. The molecule has 0 saturated carbocycles. The van der Waals surface area contributed by atoms with Gasteiger partial charge in [-0.25, -0.2) is 4.79 Å². The van der Waals surface area contributed by atoms with Crippen LogP contribution < -0.4 is 15.1 Å². The Balaban J connectivity index is 1.64. The summed E-state index contributed by atoms with van der Waals surface area (Å²) < 4.78 is 54.3. The van der Waals surface area contributed by atoms with E-state index in [1.165, 1.54) is 40.4 Å². The molecule has 2 aromatic rings. The van der Waals surface area contributed by atoms with E-state index in [9.17, 15) is 35.1 Å². The van der Waals surface area contributed by atoms with Crippen molar-refractivity contribution < 1.29 is 77.5 Å². The van der Waals surface area contributed by atoms with Crippen molar-refractivity contribution in [3.63, 3.8) is 0 Å². The second-order valence-electron chi connectivity index (χ2n) is 20.2. The molecular weight excluding hydrogens is 889 g/mol. The number of aliphatic hydroxyl groups is 5. The van der Waals surface area contributed by atoms with E-state index >= 15 is 0 Å². The second kappa shape index (κ2) is 22.3. The molecule has 19 heteroatoms. The molecule has 0 aliphatic carbocycles. The molecule has 0 amide bonds. The third-order valence-electron chi connectivity index (χ3n) is 14.6. The lowest BCUT2D eigenvalue weighted by Gasteiger charge is -2.49. The van der Waals surface area contributed by atoms with E-state index in [1.807, 2.05) is 25.9 Å². The lowest BCUT2D eigenvalue weighted by molar-refractivity contribution is -0.317. The molecule has 386 valence electrons. The van der Waals surface area contributed by atoms with Gasteiger partial charge in [0.2, 0.25) is 0 Å². The summed E-state index contributed by atoms with van der Waals surface area (Å²) in [6.07, 6.45) is -10.2. The number of nitrogens with zero attached hydrogens (tertiary/aromatic N) is 2. The third kappa shape index (κ3) is 11.8. The minimum Gasteiger partial charge on any atom is -0.493 e. The maximum absolute atomic E-state index is 14.5. The van der Waals surface area contributed by atoms with Crippen molar-refractivity contribution in [3.8, 4) is 11.5 Å². The van der Waals surface area contributed by atoms with Gasteiger partial charge in [-0.1, -0.05) is 32.9 Å². The van der Waals surface area contributed by atoms with Gasteiger partial charge in [0.1, 0.15) is 36.1 Å². The number of fused-ring (bicyclic) bond motifs is 1. The highest BCUT2D eigenvalue weighted by Gasteiger charge is 2.53. The number of carbonyl (C=O) groups excluding carboxylic acids is 1. The average molecular weight is 967 g/mol. The number of cyclic esters (lactones) is 1. The quantitative estimate of drug-likeness (QED) is 0.115. The number of carbonyl (C=O) groups is 1. The Morgan fingerprint density at radius 3 is 2.10 bits per heavy atom. The lowest BCUT2D eigenvalue weighted by Crippen LogP contribution is -2.61. The predicted octanol–water partition coefficient (Wildman–Crippen LogP) is 3.91. The third-order valence-corrected chi connectivity index (χ3v) is 14.6. The number of esters is 1. The molecule has 2 unspecified atom stereocenters. The first-order valence-electron chi connectivity index (χ1n) is 23.7. The number of rotatable bonds is 12. The molecule has 18 atom stereocenters. The van der Waals surface area contributed by atoms with Crippen LogP contribution in [0.15, 0.2) is 32.6 Å². The molecule has 4 heterocycles. The fraction of sp³-hybridized carbons (Fsp3) is 0.776. The number of ether oxygens (including phenoxy) is 8. The van der Waals surface area contributed by atoms with Crippen molar-refractivity contribution in [3.05, 3.63) is 34.2 Å². The largest absolute Gasteiger partial charge is 0.493 e. The van der Waals surface area contributed by atoms with E-state index in [0.29, 0.717) is 28.9 Å². The fourth-order valence-electron chi connectivity index (χ4n) is 10.4. The van der Waals surface area contributed by atoms with Crippen molar-refractivity contribution in [1.29, 1.82) is 0 Å². The van der Waals surface area contributed by atoms with Crippen LogP contribution in [0.4, 0.5) is 0 Å². The van der Waals surface area contributed by atoms with E-state index in [4.69, 9.17) is 47.1 Å². The Hall–Kier alpha value is -3.47. The SMILES string of the molecule is CC[C@H]1OC(=O)[C@H](C)[C@@H](OC2C[C@@](C)(OC)[C@@H](O)[C@H](C)O2)[C@H](C)[C@@H](OC2O[C@H](C)C[C@H](N(C)C)[C@H]2O)[C@](C)(O)C[C@@H](C)C(=NOCc2cc(=O)oc3cc(OC)c(OC)cc23)[C@H](C)[C@@H](O)[C@]1(C)O. The van der Waals surface area contributed by atoms with Gasteiger partial charge in [-0.05, 0) is 81.0 Å². The maximum Gasteiger partial charge on any atom is 0.336 e. The summed E-state index contributed by atoms with van der Waals surface area (Å²) in [5.41, 5.74) is -4.82. The molecule has 5 N–H and O–H groups in total. The monoisotopic (exact) mass is 967 g/mol. The fourth-order valence-corrected chi connectivity index (χ4v) is 10.4. The first-order valence-corrected chi connectivity index (χ1v) is 23.7. The molecular formula is C49H78N2O17. The van der Waals surface area contributed by atoms with Crippen LogP contribution in [-0.4, -0.2) is 162 Å². The standard InChI is InChI=1S/C49H78N2O17/c1-16-36-49(10,58)42(54)26(4)39(50-62-23-30-18-37(52)65-33-20-35(60-14)34(59-13)19-31(30)33)24(2)21-47(8,57)44(68-46-40(53)32(51(11)12)17-25(3)63-46)27(5)41(28(6)45(56)66-36)67-38-22-48(9,61-15)43(55)29(7)64-38/h18-20,24-29,32,36,38,40-44,46,53-55,57-58H,16-17,21-23H2,1-15H3/t24-,25-,26+,27+,28-,29+,32+,36-,38?,40-,41+,42-,43+,44-,46?,47-,48-,49-/m1/s1. The first kappa shape index (κ1) is 55.5. The number of benzene rings is 1. The molecule has 3 aliphatic rings. The smallest absolute Gasteiger partial charge is 0.336 e. The number of aliphatic hydroxyl groups excluding tert-OH is 3. The number of hydrogen-bond donors (Lipinski definition) is 5. The predicted molar refractivity (Wildman–Crippen MR) is 249 cm³/mol. The Bertz CT molecular complexity index is 2090. The normalized spacial score (nSPS) is 40.8. The highest BCUT2D eigenvalue weighted by molar-refractivity contribution is 5.89. The lowest BCUT2D eigenvalue weighted by atomic mass is 9.73. The van der Waals surface area contributed by atoms with Crippen molar-refractivity contribution in [2.45, 2.75) is 186 Å². The minimum atomic E-state index is -2.05. The van der Waals surface area contributed by atoms with Crippen LogP contribution >= 0.6 is 0 Å². The number of likely N-dealkylation sites (N-methyl/N-ethyl adjacent to an activating group) is 1. The van der Waals surface area contributed by atoms with Crippen LogP contribution in [0.1, 0.15) is 100 Å². The number of oxime groups is 1. The van der Waals surface area contributed by atoms with Gasteiger partial charge >= 0.3 is 11.6 Å². The van der Waals surface area contributed by atoms with Gasteiger partial charge in [-0.15, -0.1) is 0 Å². The van der Waals surface area contributed by atoms with Crippen LogP contribution in [0.3, 0.4) is 0 Å². The van der Waals surface area contributed by atoms with Gasteiger partial charge in [0.15, 0.2) is 24.1 Å². The Morgan fingerprint density at radius 2 is 1.50 bits per heavy atom. The zero-order chi connectivity index (χ0) is 50.8. The zero-order valence-corrected chi connectivity index (χ0v) is 42.5. The highest BCUT2D eigenvalue weighted by atomic mass is 16.7. The van der Waals surface area contributed by atoms with Crippen molar-refractivity contribution in [2.75, 3.05) is 35.4 Å². The molecule has 0 radical (unpaired) electrons. The molecule has 3 aliphatic heterocycles. The van der Waals surface area contributed by atoms with Crippen molar-refractivity contribution >= 4 is 22.7 Å². The highest BCUT2D eigenvalue weighted by Crippen LogP contribution is 2.41. The minimum absolute atomic E-state index is 0.0625. The summed E-state index contributed by atoms with van der Waals surface area (Å²) in [4.78, 5) is 35.2. The average Bonchev–Trinajstić information content (AvgIpc) is 3.28. The summed E-state index contributed by atoms with van der Waals surface area (Å²) in [6.45, 7) is 16.5. The summed E-state index contributed by atoms with van der Waals surface area (Å²) in [6, 6.07) is 4.07. The van der Waals surface area contributed by atoms with Gasteiger partial charge in [0.05, 0.1) is 67.6 Å². The van der Waals surface area contributed by atoms with Crippen molar-refractivity contribution in [1.82, 2.24) is 4.90 Å². The molecule has 3 saturated heterocycles. The van der Waals surface area contributed by atoms with E-state index in [0.717, 1.165) is 0 Å². The van der Waals surface area contributed by atoms with Crippen LogP contribution in [0.5, 0.6) is 11.5 Å². The molecule has 0 bridgehead atoms. The van der Waals surface area contributed by atoms with Gasteiger partial charge in [-0.2, -0.15) is 0 Å². The zero-order valence-electron chi connectivity index (χ0n) is 42.5. The molecule has 1 aromatic heterocycles. The molecule has 0 spiro atoms. The van der Waals surface area contributed by atoms with E-state index in [-0.39, 0.29) is 49.3 Å². The van der Waals surface area contributed by atoms with Crippen LogP contribution in [0.2, 0.25) is 0 Å². The van der Waals surface area contributed by atoms with Crippen LogP contribution in [0, 0.1) is 23.7 Å². The Labute approximate surface area is 399 Å². The molecule has 1 aromatic carbocycles. The van der Waals surface area contributed by atoms with E-state index < -0.39 is 107 Å². The van der Waals surface area contributed by atoms with E-state index in [1.54, 1.807) is 61.5 Å². The second-order valence-corrected chi connectivity index (χ2v) is 20.2. The topological polar surface area (TPSA) is 247 Å². The van der Waals surface area contributed by atoms with Crippen LogP contribution in [0.25, 0.3) is 11.0 Å². The maximum atomic E-state index is 14.5. The van der Waals surface area contributed by atoms with Gasteiger partial charge in [-0.3, -0.25) is 4.79 Å². The first-order chi connectivity index (χ1) is 31.7. The van der Waals surface area contributed by atoms with E-state index in [2.05, 4.69) is 5.16 Å². The summed E-state index contributed by atoms with van der Waals surface area (Å²) in [5, 5.41) is 65.2. The van der Waals surface area contributed by atoms with Gasteiger partial charge in [0, 0.05) is 60.4 Å². The Morgan fingerprint density at radius 1 is 0.853 bits per heavy atom. The molecule has 68 heavy (non-hydrogen) atoms. The number of hydrogen-bond acceptors (Lipinski definition) is 19. The Kier molecular flexibility index (Phi) is 18.2.